The normalized spacial score (nSPS) is 15.7. The molecule has 7 heteroatoms. The van der Waals surface area contributed by atoms with Crippen LogP contribution in [0.5, 0.6) is 5.75 Å². The summed E-state index contributed by atoms with van der Waals surface area (Å²) in [6.45, 7) is 2.97. The third-order valence-corrected chi connectivity index (χ3v) is 4.95. The van der Waals surface area contributed by atoms with Crippen molar-refractivity contribution < 1.29 is 14.3 Å². The molecule has 0 aromatic heterocycles. The number of carbonyl (C=O) groups is 2. The van der Waals surface area contributed by atoms with Gasteiger partial charge in [0.05, 0.1) is 6.10 Å². The maximum Gasteiger partial charge on any atom is 0.246 e. The highest BCUT2D eigenvalue weighted by Crippen LogP contribution is 2.36. The molecule has 0 saturated carbocycles. The van der Waals surface area contributed by atoms with Crippen LogP contribution < -0.4 is 15.4 Å². The first-order chi connectivity index (χ1) is 14.1. The van der Waals surface area contributed by atoms with E-state index in [4.69, 9.17) is 4.74 Å². The van der Waals surface area contributed by atoms with Gasteiger partial charge in [0.1, 0.15) is 18.0 Å². The molecule has 2 heterocycles. The Bertz CT molecular complexity index is 942. The Hall–Kier alpha value is -3.35. The van der Waals surface area contributed by atoms with Crippen LogP contribution in [0.25, 0.3) is 0 Å². The molecule has 2 aromatic rings. The lowest BCUT2D eigenvalue weighted by Crippen LogP contribution is -2.32. The number of nitrogens with one attached hydrogen (secondary N) is 2. The van der Waals surface area contributed by atoms with Crippen molar-refractivity contribution in [2.45, 2.75) is 38.8 Å². The largest absolute Gasteiger partial charge is 0.488 e. The number of hydrogen-bond donors (Lipinski definition) is 2. The second kappa shape index (κ2) is 8.34. The lowest BCUT2D eigenvalue weighted by molar-refractivity contribution is -0.118. The maximum absolute atomic E-state index is 12.1. The monoisotopic (exact) mass is 392 g/mol. The highest BCUT2D eigenvalue weighted by molar-refractivity contribution is 6.06. The highest BCUT2D eigenvalue weighted by atomic mass is 16.5. The van der Waals surface area contributed by atoms with Gasteiger partial charge in [0.15, 0.2) is 0 Å². The number of amides is 2. The smallest absolute Gasteiger partial charge is 0.246 e. The predicted octanol–water partition coefficient (Wildman–Crippen LogP) is 3.20. The zero-order chi connectivity index (χ0) is 20.2. The number of guanidine groups is 1. The molecule has 2 aliphatic rings. The Kier molecular flexibility index (Phi) is 5.46. The summed E-state index contributed by atoms with van der Waals surface area (Å²) in [6.07, 6.45) is 1.87. The number of fused-ring (bicyclic) bond motifs is 2. The fourth-order valence-electron chi connectivity index (χ4n) is 3.52. The van der Waals surface area contributed by atoms with Gasteiger partial charge in [-0.25, -0.2) is 4.99 Å². The minimum Gasteiger partial charge on any atom is -0.488 e. The topological polar surface area (TPSA) is 83.0 Å². The minimum absolute atomic E-state index is 0.00366. The Morgan fingerprint density at radius 1 is 1.21 bits per heavy atom. The number of hydrogen-bond acceptors (Lipinski definition) is 5. The summed E-state index contributed by atoms with van der Waals surface area (Å²) in [7, 11) is 0. The van der Waals surface area contributed by atoms with Gasteiger partial charge in [-0.15, -0.1) is 0 Å². The van der Waals surface area contributed by atoms with Crippen LogP contribution in [0.15, 0.2) is 53.5 Å². The van der Waals surface area contributed by atoms with Crippen molar-refractivity contribution in [3.05, 3.63) is 54.1 Å². The van der Waals surface area contributed by atoms with Gasteiger partial charge in [-0.05, 0) is 38.0 Å². The summed E-state index contributed by atoms with van der Waals surface area (Å²) in [6, 6.07) is 15.3. The number of ether oxygens (including phenoxy) is 1. The van der Waals surface area contributed by atoms with Gasteiger partial charge >= 0.3 is 0 Å². The molecule has 29 heavy (non-hydrogen) atoms. The van der Waals surface area contributed by atoms with Crippen LogP contribution in [0.3, 0.4) is 0 Å². The minimum atomic E-state index is -0.0533. The molecule has 1 saturated heterocycles. The maximum atomic E-state index is 12.1. The van der Waals surface area contributed by atoms with E-state index in [2.05, 4.69) is 15.6 Å². The first-order valence-corrected chi connectivity index (χ1v) is 9.85. The van der Waals surface area contributed by atoms with Gasteiger partial charge in [-0.3, -0.25) is 14.9 Å². The molecule has 2 N–H and O–H groups in total. The van der Waals surface area contributed by atoms with E-state index >= 15 is 0 Å². The van der Waals surface area contributed by atoms with E-state index in [-0.39, 0.29) is 17.9 Å². The molecule has 1 unspecified atom stereocenters. The second-order valence-corrected chi connectivity index (χ2v) is 7.34. The third-order valence-electron chi connectivity index (χ3n) is 4.95. The van der Waals surface area contributed by atoms with Crippen molar-refractivity contribution in [2.24, 2.45) is 4.99 Å². The first-order valence-electron chi connectivity index (χ1n) is 9.85. The molecule has 2 aromatic carbocycles. The lowest BCUT2D eigenvalue weighted by atomic mass is 10.1. The van der Waals surface area contributed by atoms with Crippen LogP contribution in [0.1, 0.15) is 31.7 Å². The van der Waals surface area contributed by atoms with Crippen LogP contribution >= 0.6 is 0 Å². The SMILES string of the molecule is CC(CCCC(=O)Nc1ccccc1)Oc1cccc2c1N=C1NC(=O)CN1C2. The molecule has 2 amide bonds. The average molecular weight is 392 g/mol. The van der Waals surface area contributed by atoms with Gasteiger partial charge < -0.3 is 15.0 Å². The molecule has 4 rings (SSSR count). The van der Waals surface area contributed by atoms with Gasteiger partial charge in [0.25, 0.3) is 0 Å². The van der Waals surface area contributed by atoms with Crippen molar-refractivity contribution in [3.8, 4) is 5.75 Å². The van der Waals surface area contributed by atoms with Gasteiger partial charge in [0.2, 0.25) is 17.8 Å². The molecular formula is C22H24N4O3. The van der Waals surface area contributed by atoms with Crippen molar-refractivity contribution in [1.29, 1.82) is 0 Å². The van der Waals surface area contributed by atoms with Crippen molar-refractivity contribution in [2.75, 3.05) is 11.9 Å². The van der Waals surface area contributed by atoms with Crippen molar-refractivity contribution in [1.82, 2.24) is 10.2 Å². The number of carbonyl (C=O) groups excluding carboxylic acids is 2. The average Bonchev–Trinajstić information content (AvgIpc) is 3.06. The molecule has 150 valence electrons. The van der Waals surface area contributed by atoms with E-state index in [1.165, 1.54) is 0 Å². The first kappa shape index (κ1) is 19.0. The van der Waals surface area contributed by atoms with Gasteiger partial charge in [-0.2, -0.15) is 0 Å². The number of rotatable bonds is 7. The number of aliphatic imine (C=N–C) groups is 1. The van der Waals surface area contributed by atoms with Gasteiger partial charge in [-0.1, -0.05) is 30.3 Å². The summed E-state index contributed by atoms with van der Waals surface area (Å²) in [5, 5.41) is 5.68. The lowest BCUT2D eigenvalue weighted by Gasteiger charge is -2.25. The zero-order valence-corrected chi connectivity index (χ0v) is 16.4. The van der Waals surface area contributed by atoms with Crippen molar-refractivity contribution in [3.63, 3.8) is 0 Å². The fourth-order valence-corrected chi connectivity index (χ4v) is 3.52. The quantitative estimate of drug-likeness (QED) is 0.758. The Morgan fingerprint density at radius 3 is 2.86 bits per heavy atom. The molecule has 0 spiro atoms. The summed E-state index contributed by atoms with van der Waals surface area (Å²) in [4.78, 5) is 30.2. The van der Waals surface area contributed by atoms with E-state index < -0.39 is 0 Å². The fraction of sp³-hybridized carbons (Fsp3) is 0.318. The molecule has 1 atom stereocenters. The summed E-state index contributed by atoms with van der Waals surface area (Å²) < 4.78 is 6.12. The second-order valence-electron chi connectivity index (χ2n) is 7.34. The Labute approximate surface area is 169 Å². The van der Waals surface area contributed by atoms with E-state index in [1.807, 2.05) is 60.4 Å². The van der Waals surface area contributed by atoms with Crippen LogP contribution in [0.2, 0.25) is 0 Å². The van der Waals surface area contributed by atoms with E-state index in [9.17, 15) is 9.59 Å². The number of nitrogens with zero attached hydrogens (tertiary/aromatic N) is 2. The van der Waals surface area contributed by atoms with Crippen LogP contribution in [0.4, 0.5) is 11.4 Å². The molecule has 2 aliphatic heterocycles. The number of benzene rings is 2. The van der Waals surface area contributed by atoms with E-state index in [1.54, 1.807) is 0 Å². The van der Waals surface area contributed by atoms with Crippen LogP contribution in [-0.2, 0) is 16.1 Å². The van der Waals surface area contributed by atoms with Gasteiger partial charge in [0, 0.05) is 24.2 Å². The summed E-state index contributed by atoms with van der Waals surface area (Å²) in [5.74, 6) is 1.26. The van der Waals surface area contributed by atoms with Crippen molar-refractivity contribution >= 4 is 29.1 Å². The molecule has 0 aliphatic carbocycles. The van der Waals surface area contributed by atoms with Crippen LogP contribution in [0, 0.1) is 0 Å². The standard InChI is InChI=1S/C22H24N4O3/c1-15(7-5-12-19(27)23-17-9-3-2-4-10-17)29-18-11-6-8-16-13-26-14-20(28)24-22(26)25-21(16)18/h2-4,6,8-11,15H,5,7,12-14H2,1H3,(H,23,27)(H,24,25,28). The Morgan fingerprint density at radius 2 is 2.03 bits per heavy atom. The zero-order valence-electron chi connectivity index (χ0n) is 16.4. The van der Waals surface area contributed by atoms with Crippen LogP contribution in [-0.4, -0.2) is 35.3 Å². The molecule has 0 bridgehead atoms. The predicted molar refractivity (Wildman–Crippen MR) is 111 cm³/mol. The third kappa shape index (κ3) is 4.56. The van der Waals surface area contributed by atoms with E-state index in [0.29, 0.717) is 31.2 Å². The van der Waals surface area contributed by atoms with E-state index in [0.717, 1.165) is 29.8 Å². The molecule has 1 fully saturated rings. The molecule has 7 nitrogen and oxygen atoms in total. The summed E-state index contributed by atoms with van der Waals surface area (Å²) >= 11 is 0. The number of para-hydroxylation sites is 2. The number of anilines is 1. The highest BCUT2D eigenvalue weighted by Gasteiger charge is 2.30. The molecular weight excluding hydrogens is 368 g/mol. The molecule has 0 radical (unpaired) electrons. The summed E-state index contributed by atoms with van der Waals surface area (Å²) in [5.41, 5.74) is 2.62. The Balaban J connectivity index is 1.31.